The highest BCUT2D eigenvalue weighted by molar-refractivity contribution is 6.01. The van der Waals surface area contributed by atoms with Gasteiger partial charge in [-0.3, -0.25) is 9.59 Å². The summed E-state index contributed by atoms with van der Waals surface area (Å²) in [6, 6.07) is 0. The van der Waals surface area contributed by atoms with E-state index in [1.165, 1.54) is 0 Å². The number of carboxylic acid groups (broad SMARTS) is 1. The molecule has 1 amide bonds. The zero-order valence-electron chi connectivity index (χ0n) is 7.75. The Morgan fingerprint density at radius 1 is 1.38 bits per heavy atom. The molecule has 0 aromatic carbocycles. The van der Waals surface area contributed by atoms with Crippen LogP contribution in [0.5, 0.6) is 0 Å². The number of hydrogen-bond acceptors (Lipinski definition) is 2. The van der Waals surface area contributed by atoms with Crippen LogP contribution in [-0.2, 0) is 9.59 Å². The number of amides is 1. The van der Waals surface area contributed by atoms with Crippen molar-refractivity contribution >= 4 is 11.9 Å². The molecule has 74 valence electrons. The molecule has 1 aliphatic rings. The first-order valence-corrected chi connectivity index (χ1v) is 4.52. The minimum atomic E-state index is -1.29. The molecule has 1 rings (SSSR count). The first-order chi connectivity index (χ1) is 5.99. The first kappa shape index (κ1) is 10.0. The van der Waals surface area contributed by atoms with Crippen molar-refractivity contribution in [1.29, 1.82) is 0 Å². The molecular formula is C9H15NO3. The molecule has 0 unspecified atom stereocenters. The predicted molar refractivity (Wildman–Crippen MR) is 46.9 cm³/mol. The molecule has 0 heterocycles. The standard InChI is InChI=1S/C9H15NO3/c1-6-2-4-9(5-3-6,7(10)11)8(12)13/h6H,2-5H2,1H3,(H2,10,11)(H,12,13). The Hall–Kier alpha value is -1.06. The minimum absolute atomic E-state index is 0.388. The van der Waals surface area contributed by atoms with Crippen LogP contribution < -0.4 is 5.73 Å². The smallest absolute Gasteiger partial charge is 0.319 e. The van der Waals surface area contributed by atoms with Crippen LogP contribution in [0.15, 0.2) is 0 Å². The van der Waals surface area contributed by atoms with Gasteiger partial charge < -0.3 is 10.8 Å². The lowest BCUT2D eigenvalue weighted by molar-refractivity contribution is -0.157. The highest BCUT2D eigenvalue weighted by Crippen LogP contribution is 2.38. The molecule has 0 radical (unpaired) electrons. The fourth-order valence-electron chi connectivity index (χ4n) is 1.82. The van der Waals surface area contributed by atoms with E-state index in [0.717, 1.165) is 12.8 Å². The van der Waals surface area contributed by atoms with Crippen LogP contribution in [0.25, 0.3) is 0 Å². The lowest BCUT2D eigenvalue weighted by Gasteiger charge is -2.32. The van der Waals surface area contributed by atoms with Crippen molar-refractivity contribution in [3.63, 3.8) is 0 Å². The van der Waals surface area contributed by atoms with Crippen LogP contribution in [0, 0.1) is 11.3 Å². The van der Waals surface area contributed by atoms with Crippen LogP contribution in [0.2, 0.25) is 0 Å². The predicted octanol–water partition coefficient (Wildman–Crippen LogP) is 0.753. The minimum Gasteiger partial charge on any atom is -0.480 e. The topological polar surface area (TPSA) is 80.4 Å². The number of primary amides is 1. The van der Waals surface area contributed by atoms with Gasteiger partial charge in [-0.2, -0.15) is 0 Å². The molecule has 0 spiro atoms. The Morgan fingerprint density at radius 2 is 1.85 bits per heavy atom. The maximum absolute atomic E-state index is 11.1. The molecule has 1 fully saturated rings. The van der Waals surface area contributed by atoms with Crippen molar-refractivity contribution in [3.8, 4) is 0 Å². The van der Waals surface area contributed by atoms with Crippen molar-refractivity contribution < 1.29 is 14.7 Å². The van der Waals surface area contributed by atoms with E-state index in [9.17, 15) is 9.59 Å². The van der Waals surface area contributed by atoms with Gasteiger partial charge in [-0.15, -0.1) is 0 Å². The summed E-state index contributed by atoms with van der Waals surface area (Å²) in [5, 5.41) is 8.94. The van der Waals surface area contributed by atoms with E-state index >= 15 is 0 Å². The van der Waals surface area contributed by atoms with E-state index in [4.69, 9.17) is 10.8 Å². The van der Waals surface area contributed by atoms with Crippen LogP contribution in [0.4, 0.5) is 0 Å². The molecule has 0 aliphatic heterocycles. The number of rotatable bonds is 2. The molecule has 0 saturated heterocycles. The highest BCUT2D eigenvalue weighted by atomic mass is 16.4. The third-order valence-electron chi connectivity index (χ3n) is 3.01. The van der Waals surface area contributed by atoms with Gasteiger partial charge in [0.15, 0.2) is 0 Å². The lowest BCUT2D eigenvalue weighted by atomic mass is 9.70. The van der Waals surface area contributed by atoms with Crippen LogP contribution >= 0.6 is 0 Å². The van der Waals surface area contributed by atoms with E-state index in [-0.39, 0.29) is 0 Å². The number of hydrogen-bond donors (Lipinski definition) is 2. The summed E-state index contributed by atoms with van der Waals surface area (Å²) < 4.78 is 0. The Bertz CT molecular complexity index is 213. The van der Waals surface area contributed by atoms with Gasteiger partial charge in [-0.25, -0.2) is 0 Å². The van der Waals surface area contributed by atoms with Gasteiger partial charge in [0.05, 0.1) is 0 Å². The van der Waals surface area contributed by atoms with Gasteiger partial charge in [0.1, 0.15) is 5.41 Å². The van der Waals surface area contributed by atoms with Crippen LogP contribution in [0.3, 0.4) is 0 Å². The summed E-state index contributed by atoms with van der Waals surface area (Å²) in [4.78, 5) is 22.0. The second-order valence-electron chi connectivity index (χ2n) is 3.93. The normalized spacial score (nSPS) is 34.1. The number of aliphatic carboxylic acids is 1. The Balaban J connectivity index is 2.82. The van der Waals surface area contributed by atoms with E-state index < -0.39 is 17.3 Å². The zero-order valence-corrected chi connectivity index (χ0v) is 7.75. The van der Waals surface area contributed by atoms with E-state index in [1.807, 2.05) is 0 Å². The molecule has 1 saturated carbocycles. The molecular weight excluding hydrogens is 170 g/mol. The molecule has 0 aromatic heterocycles. The van der Waals surface area contributed by atoms with Crippen molar-refractivity contribution in [2.75, 3.05) is 0 Å². The number of carbonyl (C=O) groups excluding carboxylic acids is 1. The third kappa shape index (κ3) is 1.66. The maximum atomic E-state index is 11.1. The molecule has 13 heavy (non-hydrogen) atoms. The van der Waals surface area contributed by atoms with Crippen molar-refractivity contribution in [2.24, 2.45) is 17.1 Å². The molecule has 3 N–H and O–H groups in total. The first-order valence-electron chi connectivity index (χ1n) is 4.52. The van der Waals surface area contributed by atoms with Crippen LogP contribution in [-0.4, -0.2) is 17.0 Å². The summed E-state index contributed by atoms with van der Waals surface area (Å²) in [6.45, 7) is 2.06. The molecule has 4 heteroatoms. The van der Waals surface area contributed by atoms with Crippen molar-refractivity contribution in [2.45, 2.75) is 32.6 Å². The van der Waals surface area contributed by atoms with Gasteiger partial charge in [-0.1, -0.05) is 6.92 Å². The number of nitrogens with two attached hydrogens (primary N) is 1. The average molecular weight is 185 g/mol. The van der Waals surface area contributed by atoms with E-state index in [2.05, 4.69) is 6.92 Å². The fraction of sp³-hybridized carbons (Fsp3) is 0.778. The Morgan fingerprint density at radius 3 is 2.15 bits per heavy atom. The summed E-state index contributed by atoms with van der Waals surface area (Å²) in [5.41, 5.74) is 3.84. The maximum Gasteiger partial charge on any atom is 0.319 e. The molecule has 4 nitrogen and oxygen atoms in total. The zero-order chi connectivity index (χ0) is 10.1. The van der Waals surface area contributed by atoms with Crippen molar-refractivity contribution in [3.05, 3.63) is 0 Å². The molecule has 1 aliphatic carbocycles. The largest absolute Gasteiger partial charge is 0.480 e. The lowest BCUT2D eigenvalue weighted by Crippen LogP contribution is -2.46. The molecule has 0 bridgehead atoms. The van der Waals surface area contributed by atoms with Gasteiger partial charge >= 0.3 is 5.97 Å². The van der Waals surface area contributed by atoms with Gasteiger partial charge in [-0.05, 0) is 31.6 Å². The van der Waals surface area contributed by atoms with E-state index in [1.54, 1.807) is 0 Å². The van der Waals surface area contributed by atoms with Gasteiger partial charge in [0.25, 0.3) is 0 Å². The SMILES string of the molecule is CC1CCC(C(N)=O)(C(=O)O)CC1. The number of carboxylic acids is 1. The van der Waals surface area contributed by atoms with E-state index in [0.29, 0.717) is 18.8 Å². The Kier molecular flexibility index (Phi) is 2.59. The quantitative estimate of drug-likeness (QED) is 0.623. The average Bonchev–Trinajstić information content (AvgIpc) is 2.04. The molecule has 0 atom stereocenters. The van der Waals surface area contributed by atoms with Crippen molar-refractivity contribution in [1.82, 2.24) is 0 Å². The fourth-order valence-corrected chi connectivity index (χ4v) is 1.82. The van der Waals surface area contributed by atoms with Gasteiger partial charge in [0.2, 0.25) is 5.91 Å². The number of carbonyl (C=O) groups is 2. The highest BCUT2D eigenvalue weighted by Gasteiger charge is 2.46. The van der Waals surface area contributed by atoms with Gasteiger partial charge in [0, 0.05) is 0 Å². The summed E-state index contributed by atoms with van der Waals surface area (Å²) >= 11 is 0. The Labute approximate surface area is 77.1 Å². The summed E-state index contributed by atoms with van der Waals surface area (Å²) in [6.07, 6.45) is 2.32. The molecule has 0 aromatic rings. The summed E-state index contributed by atoms with van der Waals surface area (Å²) in [7, 11) is 0. The van der Waals surface area contributed by atoms with Crippen LogP contribution in [0.1, 0.15) is 32.6 Å². The summed E-state index contributed by atoms with van der Waals surface area (Å²) in [5.74, 6) is -1.24. The third-order valence-corrected chi connectivity index (χ3v) is 3.01. The monoisotopic (exact) mass is 185 g/mol. The second kappa shape index (κ2) is 3.36. The second-order valence-corrected chi connectivity index (χ2v) is 3.93.